The van der Waals surface area contributed by atoms with Crippen LogP contribution in [0.2, 0.25) is 5.15 Å². The molecule has 0 amide bonds. The maximum Gasteiger partial charge on any atom is 0.220 e. The van der Waals surface area contributed by atoms with E-state index in [1.54, 1.807) is 6.07 Å². The van der Waals surface area contributed by atoms with Crippen LogP contribution in [0, 0.1) is 6.92 Å². The minimum atomic E-state index is -1.15. The molecule has 2 atom stereocenters. The molecule has 1 aromatic heterocycles. The van der Waals surface area contributed by atoms with Crippen molar-refractivity contribution in [2.75, 3.05) is 13.1 Å². The molecule has 7 heteroatoms. The highest BCUT2D eigenvalue weighted by molar-refractivity contribution is 7.85. The molecular formula is C9H13Cl2N3OS. The van der Waals surface area contributed by atoms with Gasteiger partial charge in [-0.1, -0.05) is 11.6 Å². The Morgan fingerprint density at radius 3 is 2.88 bits per heavy atom. The first-order chi connectivity index (χ1) is 7.16. The Morgan fingerprint density at radius 1 is 1.56 bits per heavy atom. The Bertz CT molecular complexity index is 376. The third kappa shape index (κ3) is 3.13. The maximum atomic E-state index is 12.0. The molecule has 1 aliphatic rings. The normalized spacial score (nSPS) is 21.5. The van der Waals surface area contributed by atoms with Gasteiger partial charge in [-0.15, -0.1) is 12.4 Å². The fraction of sp³-hybridized carbons (Fsp3) is 0.556. The fourth-order valence-electron chi connectivity index (χ4n) is 1.55. The predicted molar refractivity (Wildman–Crippen MR) is 66.7 cm³/mol. The third-order valence-corrected chi connectivity index (χ3v) is 4.04. The Balaban J connectivity index is 0.00000128. The van der Waals surface area contributed by atoms with Crippen LogP contribution in [0.1, 0.15) is 12.1 Å². The predicted octanol–water partition coefficient (Wildman–Crippen LogP) is 1.33. The molecule has 2 rings (SSSR count). The van der Waals surface area contributed by atoms with Crippen LogP contribution in [0.4, 0.5) is 0 Å². The standard InChI is InChI=1S/C9H12ClN3OS.ClH/c1-6-4-8(10)13-9(12-6)15(14)7-2-3-11-5-7;/h4,7,11H,2-3,5H2,1H3;1H/t7-,15?;/m0./s1. The highest BCUT2D eigenvalue weighted by Gasteiger charge is 2.24. The van der Waals surface area contributed by atoms with E-state index in [1.807, 2.05) is 6.92 Å². The molecule has 0 aliphatic carbocycles. The molecule has 1 unspecified atom stereocenters. The van der Waals surface area contributed by atoms with Gasteiger partial charge in [0.1, 0.15) is 5.15 Å². The van der Waals surface area contributed by atoms with Crippen LogP contribution in [0.3, 0.4) is 0 Å². The SMILES string of the molecule is Cc1cc(Cl)nc(S(=O)[C@H]2CCNC2)n1.Cl. The van der Waals surface area contributed by atoms with Crippen LogP contribution >= 0.6 is 24.0 Å². The summed E-state index contributed by atoms with van der Waals surface area (Å²) in [5.41, 5.74) is 0.754. The van der Waals surface area contributed by atoms with Gasteiger partial charge in [-0.2, -0.15) is 0 Å². The number of hydrogen-bond donors (Lipinski definition) is 1. The van der Waals surface area contributed by atoms with Crippen molar-refractivity contribution in [2.45, 2.75) is 23.8 Å². The lowest BCUT2D eigenvalue weighted by molar-refractivity contribution is 0.663. The Kier molecular flexibility index (Phi) is 5.11. The quantitative estimate of drug-likeness (QED) is 0.657. The summed E-state index contributed by atoms with van der Waals surface area (Å²) in [5.74, 6) is 0. The van der Waals surface area contributed by atoms with Crippen LogP contribution in [-0.4, -0.2) is 32.5 Å². The van der Waals surface area contributed by atoms with Crippen LogP contribution in [0.15, 0.2) is 11.2 Å². The van der Waals surface area contributed by atoms with Gasteiger partial charge in [0, 0.05) is 12.2 Å². The molecule has 4 nitrogen and oxygen atoms in total. The van der Waals surface area contributed by atoms with Crippen LogP contribution in [0.5, 0.6) is 0 Å². The van der Waals surface area contributed by atoms with Crippen molar-refractivity contribution >= 4 is 34.8 Å². The third-order valence-electron chi connectivity index (χ3n) is 2.30. The van der Waals surface area contributed by atoms with Gasteiger partial charge in [-0.3, -0.25) is 4.21 Å². The van der Waals surface area contributed by atoms with Crippen molar-refractivity contribution < 1.29 is 4.21 Å². The van der Waals surface area contributed by atoms with Gasteiger partial charge in [0.25, 0.3) is 0 Å². The lowest BCUT2D eigenvalue weighted by Gasteiger charge is -2.07. The zero-order chi connectivity index (χ0) is 10.8. The van der Waals surface area contributed by atoms with Crippen molar-refractivity contribution in [1.29, 1.82) is 0 Å². The number of aryl methyl sites for hydroxylation is 1. The molecule has 0 bridgehead atoms. The number of halogens is 2. The Morgan fingerprint density at radius 2 is 2.31 bits per heavy atom. The number of aromatic nitrogens is 2. The molecule has 1 saturated heterocycles. The largest absolute Gasteiger partial charge is 0.315 e. The molecule has 0 saturated carbocycles. The van der Waals surface area contributed by atoms with Crippen LogP contribution in [0.25, 0.3) is 0 Å². The number of hydrogen-bond acceptors (Lipinski definition) is 4. The number of nitrogens with zero attached hydrogens (tertiary/aromatic N) is 2. The van der Waals surface area contributed by atoms with Crippen molar-refractivity contribution in [2.24, 2.45) is 0 Å². The van der Waals surface area contributed by atoms with E-state index < -0.39 is 10.8 Å². The van der Waals surface area contributed by atoms with E-state index in [2.05, 4.69) is 15.3 Å². The molecule has 1 aliphatic heterocycles. The van der Waals surface area contributed by atoms with Crippen molar-refractivity contribution in [1.82, 2.24) is 15.3 Å². The fourth-order valence-corrected chi connectivity index (χ4v) is 3.16. The molecule has 16 heavy (non-hydrogen) atoms. The van der Waals surface area contributed by atoms with E-state index in [0.717, 1.165) is 25.2 Å². The van der Waals surface area contributed by atoms with Crippen LogP contribution in [-0.2, 0) is 10.8 Å². The van der Waals surface area contributed by atoms with Gasteiger partial charge in [0.05, 0.1) is 16.0 Å². The zero-order valence-electron chi connectivity index (χ0n) is 8.77. The van der Waals surface area contributed by atoms with Gasteiger partial charge in [-0.25, -0.2) is 9.97 Å². The van der Waals surface area contributed by atoms with E-state index in [9.17, 15) is 4.21 Å². The molecule has 1 fully saturated rings. The zero-order valence-corrected chi connectivity index (χ0v) is 11.2. The summed E-state index contributed by atoms with van der Waals surface area (Å²) in [4.78, 5) is 8.16. The molecule has 90 valence electrons. The second kappa shape index (κ2) is 5.91. The summed E-state index contributed by atoms with van der Waals surface area (Å²) in [6.45, 7) is 3.50. The Hall–Kier alpha value is -0.230. The minimum absolute atomic E-state index is 0. The lowest BCUT2D eigenvalue weighted by Crippen LogP contribution is -2.20. The monoisotopic (exact) mass is 281 g/mol. The highest BCUT2D eigenvalue weighted by atomic mass is 35.5. The van der Waals surface area contributed by atoms with Crippen molar-refractivity contribution in [3.63, 3.8) is 0 Å². The summed E-state index contributed by atoms with van der Waals surface area (Å²) < 4.78 is 12.0. The molecule has 1 aromatic rings. The average Bonchev–Trinajstić information content (AvgIpc) is 2.67. The average molecular weight is 282 g/mol. The first-order valence-electron chi connectivity index (χ1n) is 4.79. The van der Waals surface area contributed by atoms with Gasteiger partial charge in [-0.05, 0) is 26.0 Å². The van der Waals surface area contributed by atoms with E-state index >= 15 is 0 Å². The molecule has 0 aromatic carbocycles. The van der Waals surface area contributed by atoms with Crippen LogP contribution < -0.4 is 5.32 Å². The molecule has 0 spiro atoms. The molecule has 2 heterocycles. The topological polar surface area (TPSA) is 54.9 Å². The molecule has 1 N–H and O–H groups in total. The van der Waals surface area contributed by atoms with E-state index in [0.29, 0.717) is 10.3 Å². The highest BCUT2D eigenvalue weighted by Crippen LogP contribution is 2.15. The second-order valence-corrected chi connectivity index (χ2v) is 5.54. The summed E-state index contributed by atoms with van der Waals surface area (Å²) in [6, 6.07) is 1.66. The summed E-state index contributed by atoms with van der Waals surface area (Å²) >= 11 is 5.80. The Labute approximate surface area is 108 Å². The summed E-state index contributed by atoms with van der Waals surface area (Å²) in [6.07, 6.45) is 0.904. The lowest BCUT2D eigenvalue weighted by atomic mass is 10.4. The first kappa shape index (κ1) is 13.8. The molecular weight excluding hydrogens is 269 g/mol. The smallest absolute Gasteiger partial charge is 0.220 e. The van der Waals surface area contributed by atoms with E-state index in [4.69, 9.17) is 11.6 Å². The van der Waals surface area contributed by atoms with E-state index in [-0.39, 0.29) is 17.7 Å². The minimum Gasteiger partial charge on any atom is -0.315 e. The van der Waals surface area contributed by atoms with Crippen molar-refractivity contribution in [3.8, 4) is 0 Å². The van der Waals surface area contributed by atoms with E-state index in [1.165, 1.54) is 0 Å². The van der Waals surface area contributed by atoms with Gasteiger partial charge in [0.2, 0.25) is 5.16 Å². The molecule has 0 radical (unpaired) electrons. The number of nitrogens with one attached hydrogen (secondary N) is 1. The van der Waals surface area contributed by atoms with Gasteiger partial charge < -0.3 is 5.32 Å². The summed E-state index contributed by atoms with van der Waals surface area (Å²) in [7, 11) is -1.15. The second-order valence-electron chi connectivity index (χ2n) is 3.53. The first-order valence-corrected chi connectivity index (χ1v) is 6.38. The maximum absolute atomic E-state index is 12.0. The van der Waals surface area contributed by atoms with Gasteiger partial charge >= 0.3 is 0 Å². The summed E-state index contributed by atoms with van der Waals surface area (Å²) in [5, 5.41) is 4.00. The number of rotatable bonds is 2. The van der Waals surface area contributed by atoms with Crippen molar-refractivity contribution in [3.05, 3.63) is 16.9 Å². The van der Waals surface area contributed by atoms with Gasteiger partial charge in [0.15, 0.2) is 0 Å².